The number of nitrogens with zero attached hydrogens (tertiary/aromatic N) is 3. The SMILES string of the molecule is O=C(CSc1nc2ccccc2o1)OCc1nc(-c2ccc(F)cc2)no1. The minimum Gasteiger partial charge on any atom is -0.455 e. The molecule has 7 nitrogen and oxygen atoms in total. The summed E-state index contributed by atoms with van der Waals surface area (Å²) >= 11 is 1.14. The molecule has 0 aliphatic rings. The lowest BCUT2D eigenvalue weighted by Gasteiger charge is -1.99. The molecule has 0 radical (unpaired) electrons. The van der Waals surface area contributed by atoms with E-state index in [0.717, 1.165) is 17.3 Å². The van der Waals surface area contributed by atoms with Crippen molar-refractivity contribution in [2.75, 3.05) is 5.75 Å². The first-order chi connectivity index (χ1) is 13.2. The van der Waals surface area contributed by atoms with Crippen LogP contribution in [0.3, 0.4) is 0 Å². The van der Waals surface area contributed by atoms with Gasteiger partial charge >= 0.3 is 5.97 Å². The number of carbonyl (C=O) groups is 1. The fraction of sp³-hybridized carbons (Fsp3) is 0.111. The molecule has 9 heteroatoms. The van der Waals surface area contributed by atoms with E-state index in [-0.39, 0.29) is 24.1 Å². The van der Waals surface area contributed by atoms with Gasteiger partial charge in [-0.2, -0.15) is 4.98 Å². The second-order valence-electron chi connectivity index (χ2n) is 5.42. The maximum atomic E-state index is 12.9. The van der Waals surface area contributed by atoms with Gasteiger partial charge in [-0.05, 0) is 36.4 Å². The molecule has 0 aliphatic heterocycles. The maximum Gasteiger partial charge on any atom is 0.316 e. The van der Waals surface area contributed by atoms with E-state index in [1.165, 1.54) is 24.3 Å². The largest absolute Gasteiger partial charge is 0.455 e. The molecule has 0 saturated carbocycles. The molecule has 0 fully saturated rings. The normalized spacial score (nSPS) is 11.0. The Bertz CT molecular complexity index is 1040. The van der Waals surface area contributed by atoms with Crippen molar-refractivity contribution in [2.24, 2.45) is 0 Å². The second-order valence-corrected chi connectivity index (χ2v) is 6.34. The van der Waals surface area contributed by atoms with Gasteiger partial charge in [0.15, 0.2) is 12.2 Å². The number of benzene rings is 2. The number of hydrogen-bond donors (Lipinski definition) is 0. The summed E-state index contributed by atoms with van der Waals surface area (Å²) in [5, 5.41) is 4.17. The van der Waals surface area contributed by atoms with Gasteiger partial charge in [0.2, 0.25) is 5.82 Å². The topological polar surface area (TPSA) is 91.2 Å². The third-order valence-electron chi connectivity index (χ3n) is 3.51. The zero-order valence-corrected chi connectivity index (χ0v) is 14.6. The van der Waals surface area contributed by atoms with Crippen molar-refractivity contribution in [1.82, 2.24) is 15.1 Å². The molecule has 2 heterocycles. The monoisotopic (exact) mass is 385 g/mol. The van der Waals surface area contributed by atoms with E-state index in [0.29, 0.717) is 22.2 Å². The summed E-state index contributed by atoms with van der Waals surface area (Å²) in [5.41, 5.74) is 1.99. The molecule has 2 aromatic carbocycles. The summed E-state index contributed by atoms with van der Waals surface area (Å²) in [7, 11) is 0. The highest BCUT2D eigenvalue weighted by Crippen LogP contribution is 2.23. The van der Waals surface area contributed by atoms with Gasteiger partial charge < -0.3 is 13.7 Å². The van der Waals surface area contributed by atoms with Gasteiger partial charge in [0.05, 0.1) is 0 Å². The van der Waals surface area contributed by atoms with Gasteiger partial charge in [-0.15, -0.1) is 0 Å². The minimum absolute atomic E-state index is 0.0335. The van der Waals surface area contributed by atoms with Crippen molar-refractivity contribution >= 4 is 28.8 Å². The number of hydrogen-bond acceptors (Lipinski definition) is 8. The molecule has 0 saturated heterocycles. The van der Waals surface area contributed by atoms with Crippen LogP contribution in [0.4, 0.5) is 4.39 Å². The first-order valence-corrected chi connectivity index (χ1v) is 8.88. The van der Waals surface area contributed by atoms with E-state index >= 15 is 0 Å². The number of fused-ring (bicyclic) bond motifs is 1. The predicted molar refractivity (Wildman–Crippen MR) is 94.2 cm³/mol. The number of oxazole rings is 1. The first-order valence-electron chi connectivity index (χ1n) is 7.90. The Hall–Kier alpha value is -3.20. The summed E-state index contributed by atoms with van der Waals surface area (Å²) in [6, 6.07) is 13.0. The average molecular weight is 385 g/mol. The highest BCUT2D eigenvalue weighted by atomic mass is 32.2. The van der Waals surface area contributed by atoms with Crippen LogP contribution in [0.25, 0.3) is 22.5 Å². The van der Waals surface area contributed by atoms with Crippen LogP contribution in [0.2, 0.25) is 0 Å². The quantitative estimate of drug-likeness (QED) is 0.365. The molecule has 4 aromatic rings. The van der Waals surface area contributed by atoms with Crippen molar-refractivity contribution < 1.29 is 22.9 Å². The van der Waals surface area contributed by atoms with Crippen LogP contribution in [0.5, 0.6) is 0 Å². The lowest BCUT2D eigenvalue weighted by molar-refractivity contribution is -0.142. The number of rotatable bonds is 6. The Balaban J connectivity index is 1.29. The number of halogens is 1. The number of ether oxygens (including phenoxy) is 1. The Kier molecular flexibility index (Phi) is 4.84. The molecular weight excluding hydrogens is 373 g/mol. The third-order valence-corrected chi connectivity index (χ3v) is 4.32. The average Bonchev–Trinajstić information content (AvgIpc) is 3.32. The molecule has 0 bridgehead atoms. The van der Waals surface area contributed by atoms with Crippen LogP contribution < -0.4 is 0 Å². The van der Waals surface area contributed by atoms with Crippen LogP contribution in [-0.2, 0) is 16.1 Å². The summed E-state index contributed by atoms with van der Waals surface area (Å²) in [4.78, 5) is 20.3. The molecule has 2 aromatic heterocycles. The molecule has 0 N–H and O–H groups in total. The number of para-hydroxylation sites is 2. The number of thioether (sulfide) groups is 1. The molecule has 0 atom stereocenters. The second kappa shape index (κ2) is 7.58. The van der Waals surface area contributed by atoms with Crippen LogP contribution in [0.1, 0.15) is 5.89 Å². The summed E-state index contributed by atoms with van der Waals surface area (Å²) in [6.07, 6.45) is 0. The van der Waals surface area contributed by atoms with Crippen molar-refractivity contribution in [3.05, 3.63) is 60.2 Å². The standard InChI is InChI=1S/C18H12FN3O4S/c19-12-7-5-11(6-8-12)17-21-15(26-22-17)9-24-16(23)10-27-18-20-13-3-1-2-4-14(13)25-18/h1-8H,9-10H2. The third kappa shape index (κ3) is 4.14. The van der Waals surface area contributed by atoms with Crippen molar-refractivity contribution in [1.29, 1.82) is 0 Å². The fourth-order valence-corrected chi connectivity index (χ4v) is 2.88. The van der Waals surface area contributed by atoms with E-state index in [9.17, 15) is 9.18 Å². The molecule has 0 aliphatic carbocycles. The Morgan fingerprint density at radius 3 is 2.74 bits per heavy atom. The lowest BCUT2D eigenvalue weighted by Crippen LogP contribution is -2.07. The van der Waals surface area contributed by atoms with Gasteiger partial charge in [0.25, 0.3) is 11.1 Å². The van der Waals surface area contributed by atoms with Crippen molar-refractivity contribution in [3.63, 3.8) is 0 Å². The van der Waals surface area contributed by atoms with Crippen LogP contribution in [0, 0.1) is 5.82 Å². The summed E-state index contributed by atoms with van der Waals surface area (Å²) < 4.78 is 28.6. The molecule has 0 amide bonds. The van der Waals surface area contributed by atoms with Gasteiger partial charge in [0, 0.05) is 5.56 Å². The van der Waals surface area contributed by atoms with E-state index in [1.807, 2.05) is 18.2 Å². The predicted octanol–water partition coefficient (Wildman–Crippen LogP) is 3.85. The first kappa shape index (κ1) is 17.2. The Morgan fingerprint density at radius 2 is 1.93 bits per heavy atom. The maximum absolute atomic E-state index is 12.9. The molecule has 4 rings (SSSR count). The zero-order valence-electron chi connectivity index (χ0n) is 13.8. The highest BCUT2D eigenvalue weighted by molar-refractivity contribution is 7.99. The summed E-state index contributed by atoms with van der Waals surface area (Å²) in [6.45, 7) is -0.152. The van der Waals surface area contributed by atoms with E-state index in [1.54, 1.807) is 6.07 Å². The van der Waals surface area contributed by atoms with E-state index < -0.39 is 5.97 Å². The van der Waals surface area contributed by atoms with Crippen LogP contribution in [0.15, 0.2) is 62.7 Å². The van der Waals surface area contributed by atoms with Gasteiger partial charge in [-0.25, -0.2) is 9.37 Å². The van der Waals surface area contributed by atoms with E-state index in [2.05, 4.69) is 15.1 Å². The van der Waals surface area contributed by atoms with Crippen LogP contribution in [-0.4, -0.2) is 26.8 Å². The van der Waals surface area contributed by atoms with Crippen molar-refractivity contribution in [2.45, 2.75) is 11.8 Å². The molecule has 136 valence electrons. The van der Waals surface area contributed by atoms with Gasteiger partial charge in [0.1, 0.15) is 17.1 Å². The van der Waals surface area contributed by atoms with Crippen molar-refractivity contribution in [3.8, 4) is 11.4 Å². The van der Waals surface area contributed by atoms with E-state index in [4.69, 9.17) is 13.7 Å². The van der Waals surface area contributed by atoms with Crippen LogP contribution >= 0.6 is 11.8 Å². The molecular formula is C18H12FN3O4S. The minimum atomic E-state index is -0.469. The fourth-order valence-electron chi connectivity index (χ4n) is 2.25. The molecule has 0 unspecified atom stereocenters. The smallest absolute Gasteiger partial charge is 0.316 e. The zero-order chi connectivity index (χ0) is 18.6. The molecule has 0 spiro atoms. The number of esters is 1. The summed E-state index contributed by atoms with van der Waals surface area (Å²) in [5.74, 6) is -0.348. The highest BCUT2D eigenvalue weighted by Gasteiger charge is 2.13. The number of carbonyl (C=O) groups excluding carboxylic acids is 1. The Labute approximate surface area is 156 Å². The van der Waals surface area contributed by atoms with Gasteiger partial charge in [-0.3, -0.25) is 4.79 Å². The Morgan fingerprint density at radius 1 is 1.11 bits per heavy atom. The molecule has 27 heavy (non-hydrogen) atoms. The number of aromatic nitrogens is 3. The van der Waals surface area contributed by atoms with Gasteiger partial charge in [-0.1, -0.05) is 29.1 Å². The lowest BCUT2D eigenvalue weighted by atomic mass is 10.2.